The van der Waals surface area contributed by atoms with Gasteiger partial charge in [0.1, 0.15) is 0 Å². The highest BCUT2D eigenvalue weighted by atomic mass is 32.2. The molecule has 6 nitrogen and oxygen atoms in total. The van der Waals surface area contributed by atoms with E-state index in [2.05, 4.69) is 26.5 Å². The van der Waals surface area contributed by atoms with Crippen molar-refractivity contribution < 1.29 is 8.42 Å². The number of rotatable bonds is 3. The highest BCUT2D eigenvalue weighted by Gasteiger charge is 2.17. The van der Waals surface area contributed by atoms with Gasteiger partial charge in [0.2, 0.25) is 0 Å². The maximum absolute atomic E-state index is 12.4. The summed E-state index contributed by atoms with van der Waals surface area (Å²) < 4.78 is 27.2. The first-order chi connectivity index (χ1) is 10.0. The predicted molar refractivity (Wildman–Crippen MR) is 80.0 cm³/mol. The number of sulfonamides is 1. The van der Waals surface area contributed by atoms with Crippen LogP contribution in [0.25, 0.3) is 0 Å². The topological polar surface area (TPSA) is 98.0 Å². The second-order valence-electron chi connectivity index (χ2n) is 4.18. The van der Waals surface area contributed by atoms with Gasteiger partial charge in [-0.1, -0.05) is 17.9 Å². The normalized spacial score (nSPS) is 10.6. The number of benzene rings is 1. The minimum atomic E-state index is -3.74. The average Bonchev–Trinajstić information content (AvgIpc) is 2.47. The van der Waals surface area contributed by atoms with Crippen molar-refractivity contribution in [3.05, 3.63) is 47.9 Å². The van der Waals surface area contributed by atoms with Crippen molar-refractivity contribution in [2.45, 2.75) is 11.8 Å². The summed E-state index contributed by atoms with van der Waals surface area (Å²) in [7, 11) is -3.74. The number of hydrogen-bond donors (Lipinski definition) is 2. The van der Waals surface area contributed by atoms with Crippen molar-refractivity contribution in [2.24, 2.45) is 5.73 Å². The van der Waals surface area contributed by atoms with E-state index in [9.17, 15) is 8.42 Å². The molecule has 0 bridgehead atoms. The number of aryl methyl sites for hydroxylation is 1. The van der Waals surface area contributed by atoms with Crippen molar-refractivity contribution in [3.8, 4) is 11.8 Å². The number of hydrogen-bond acceptors (Lipinski definition) is 5. The Hall–Kier alpha value is -2.43. The van der Waals surface area contributed by atoms with Crippen LogP contribution in [0.1, 0.15) is 11.1 Å². The summed E-state index contributed by atoms with van der Waals surface area (Å²) in [5.74, 6) is 5.67. The third-order valence-corrected chi connectivity index (χ3v) is 4.11. The second kappa shape index (κ2) is 6.35. The van der Waals surface area contributed by atoms with Gasteiger partial charge < -0.3 is 5.73 Å². The third-order valence-electron chi connectivity index (χ3n) is 2.61. The summed E-state index contributed by atoms with van der Waals surface area (Å²) in [4.78, 5) is 7.86. The quantitative estimate of drug-likeness (QED) is 0.821. The van der Waals surface area contributed by atoms with Crippen LogP contribution in [0.3, 0.4) is 0 Å². The largest absolute Gasteiger partial charge is 0.320 e. The highest BCUT2D eigenvalue weighted by Crippen LogP contribution is 2.19. The van der Waals surface area contributed by atoms with Gasteiger partial charge >= 0.3 is 0 Å². The molecule has 0 atom stereocenters. The van der Waals surface area contributed by atoms with Crippen LogP contribution in [0.5, 0.6) is 0 Å². The molecular formula is C14H14N4O2S. The summed E-state index contributed by atoms with van der Waals surface area (Å²) in [6.07, 6.45) is 4.21. The Bertz CT molecular complexity index is 793. The highest BCUT2D eigenvalue weighted by molar-refractivity contribution is 7.92. The molecule has 7 heteroatoms. The maximum atomic E-state index is 12.4. The molecular weight excluding hydrogens is 288 g/mol. The molecule has 0 fully saturated rings. The molecule has 0 aliphatic carbocycles. The van der Waals surface area contributed by atoms with E-state index in [1.165, 1.54) is 24.7 Å². The number of nitrogens with zero attached hydrogens (tertiary/aromatic N) is 2. The third kappa shape index (κ3) is 3.78. The van der Waals surface area contributed by atoms with E-state index in [0.29, 0.717) is 11.1 Å². The van der Waals surface area contributed by atoms with E-state index in [4.69, 9.17) is 5.73 Å². The first-order valence-corrected chi connectivity index (χ1v) is 7.59. The van der Waals surface area contributed by atoms with E-state index >= 15 is 0 Å². The van der Waals surface area contributed by atoms with Gasteiger partial charge in [-0.3, -0.25) is 9.71 Å². The van der Waals surface area contributed by atoms with Crippen molar-refractivity contribution in [2.75, 3.05) is 11.3 Å². The van der Waals surface area contributed by atoms with E-state index in [1.54, 1.807) is 19.1 Å². The van der Waals surface area contributed by atoms with Gasteiger partial charge in [0, 0.05) is 18.0 Å². The molecule has 2 aromatic rings. The lowest BCUT2D eigenvalue weighted by molar-refractivity contribution is 0.600. The van der Waals surface area contributed by atoms with E-state index in [0.717, 1.165) is 0 Å². The zero-order valence-electron chi connectivity index (χ0n) is 11.4. The Morgan fingerprint density at radius 1 is 1.33 bits per heavy atom. The molecule has 1 heterocycles. The lowest BCUT2D eigenvalue weighted by Crippen LogP contribution is -2.15. The summed E-state index contributed by atoms with van der Waals surface area (Å²) in [6.45, 7) is 1.93. The minimum absolute atomic E-state index is 0.150. The van der Waals surface area contributed by atoms with Gasteiger partial charge in [0.25, 0.3) is 10.0 Å². The fraction of sp³-hybridized carbons (Fsp3) is 0.143. The Morgan fingerprint density at radius 3 is 2.81 bits per heavy atom. The average molecular weight is 302 g/mol. The van der Waals surface area contributed by atoms with E-state index in [-0.39, 0.29) is 17.3 Å². The van der Waals surface area contributed by atoms with Crippen LogP contribution >= 0.6 is 0 Å². The molecule has 0 amide bonds. The fourth-order valence-corrected chi connectivity index (χ4v) is 2.93. The van der Waals surface area contributed by atoms with Gasteiger partial charge in [0.05, 0.1) is 17.6 Å². The molecule has 2 rings (SSSR count). The fourth-order valence-electron chi connectivity index (χ4n) is 1.66. The Morgan fingerprint density at radius 2 is 2.14 bits per heavy atom. The Kier molecular flexibility index (Phi) is 4.52. The van der Waals surface area contributed by atoms with Crippen molar-refractivity contribution >= 4 is 15.8 Å². The molecule has 21 heavy (non-hydrogen) atoms. The molecule has 1 aromatic carbocycles. The lowest BCUT2D eigenvalue weighted by Gasteiger charge is -2.09. The van der Waals surface area contributed by atoms with Crippen LogP contribution in [0, 0.1) is 18.8 Å². The SMILES string of the molecule is Cc1ccc(C#CCN)cc1S(=O)(=O)Nc1cnccn1. The van der Waals surface area contributed by atoms with E-state index in [1.807, 2.05) is 0 Å². The van der Waals surface area contributed by atoms with Crippen molar-refractivity contribution in [1.29, 1.82) is 0 Å². The molecule has 0 radical (unpaired) electrons. The predicted octanol–water partition coefficient (Wildman–Crippen LogP) is 0.896. The molecule has 0 aliphatic rings. The first-order valence-electron chi connectivity index (χ1n) is 6.11. The van der Waals surface area contributed by atoms with Crippen LogP contribution < -0.4 is 10.5 Å². The van der Waals surface area contributed by atoms with Gasteiger partial charge in [-0.2, -0.15) is 0 Å². The van der Waals surface area contributed by atoms with Crippen LogP contribution in [0.15, 0.2) is 41.7 Å². The number of nitrogens with one attached hydrogen (secondary N) is 1. The van der Waals surface area contributed by atoms with Gasteiger partial charge in [-0.15, -0.1) is 0 Å². The monoisotopic (exact) mass is 302 g/mol. The molecule has 0 aliphatic heterocycles. The number of nitrogens with two attached hydrogens (primary N) is 1. The summed E-state index contributed by atoms with van der Waals surface area (Å²) >= 11 is 0. The lowest BCUT2D eigenvalue weighted by atomic mass is 10.1. The van der Waals surface area contributed by atoms with E-state index < -0.39 is 10.0 Å². The molecule has 1 aromatic heterocycles. The van der Waals surface area contributed by atoms with Crippen molar-refractivity contribution in [3.63, 3.8) is 0 Å². The van der Waals surface area contributed by atoms with Crippen molar-refractivity contribution in [1.82, 2.24) is 9.97 Å². The minimum Gasteiger partial charge on any atom is -0.320 e. The molecule has 0 saturated carbocycles. The van der Waals surface area contributed by atoms with Gasteiger partial charge in [0.15, 0.2) is 5.82 Å². The Balaban J connectivity index is 2.39. The van der Waals surface area contributed by atoms with Crippen LogP contribution in [-0.2, 0) is 10.0 Å². The van der Waals surface area contributed by atoms with Gasteiger partial charge in [-0.25, -0.2) is 13.4 Å². The van der Waals surface area contributed by atoms with Crippen LogP contribution in [-0.4, -0.2) is 24.9 Å². The van der Waals surface area contributed by atoms with Gasteiger partial charge in [-0.05, 0) is 24.6 Å². The zero-order chi connectivity index (χ0) is 15.3. The summed E-state index contributed by atoms with van der Waals surface area (Å²) in [6, 6.07) is 4.96. The maximum Gasteiger partial charge on any atom is 0.263 e. The summed E-state index contributed by atoms with van der Waals surface area (Å²) in [5, 5.41) is 0. The molecule has 108 valence electrons. The molecule has 3 N–H and O–H groups in total. The summed E-state index contributed by atoms with van der Waals surface area (Å²) in [5.41, 5.74) is 6.52. The number of aromatic nitrogens is 2. The number of anilines is 1. The Labute approximate surface area is 123 Å². The second-order valence-corrected chi connectivity index (χ2v) is 5.83. The first kappa shape index (κ1) is 15.0. The van der Waals surface area contributed by atoms with Crippen LogP contribution in [0.4, 0.5) is 5.82 Å². The smallest absolute Gasteiger partial charge is 0.263 e. The standard InChI is InChI=1S/C14H14N4O2S/c1-11-4-5-12(3-2-6-15)9-13(11)21(19,20)18-14-10-16-7-8-17-14/h4-5,7-10H,6,15H2,1H3,(H,17,18). The molecule has 0 spiro atoms. The zero-order valence-corrected chi connectivity index (χ0v) is 12.2. The molecule has 0 saturated heterocycles. The molecule has 0 unspecified atom stereocenters. The van der Waals surface area contributed by atoms with Crippen LogP contribution in [0.2, 0.25) is 0 Å².